The number of benzene rings is 1. The number of rotatable bonds is 6. The van der Waals surface area contributed by atoms with Gasteiger partial charge in [-0.3, -0.25) is 10.1 Å². The van der Waals surface area contributed by atoms with Crippen molar-refractivity contribution in [2.24, 2.45) is 0 Å². The lowest BCUT2D eigenvalue weighted by Crippen LogP contribution is -2.52. The predicted molar refractivity (Wildman–Crippen MR) is 74.1 cm³/mol. The average molecular weight is 265 g/mol. The molecule has 1 aromatic carbocycles. The number of nitrogens with one attached hydrogen (secondary N) is 1. The summed E-state index contributed by atoms with van der Waals surface area (Å²) >= 11 is 1.59. The normalized spacial score (nSPS) is 18.3. The van der Waals surface area contributed by atoms with Crippen LogP contribution in [-0.4, -0.2) is 28.4 Å². The molecule has 2 N–H and O–H groups in total. The largest absolute Gasteiger partial charge is 0.480 e. The Kier molecular flexibility index (Phi) is 3.97. The van der Waals surface area contributed by atoms with Crippen molar-refractivity contribution in [3.63, 3.8) is 0 Å². The van der Waals surface area contributed by atoms with Crippen LogP contribution in [0, 0.1) is 6.92 Å². The maximum Gasteiger partial charge on any atom is 0.324 e. The lowest BCUT2D eigenvalue weighted by atomic mass is 10.1. The molecule has 1 aliphatic carbocycles. The van der Waals surface area contributed by atoms with Gasteiger partial charge in [-0.05, 0) is 38.8 Å². The zero-order chi connectivity index (χ0) is 13.2. The molecule has 0 spiro atoms. The van der Waals surface area contributed by atoms with Crippen molar-refractivity contribution in [3.05, 3.63) is 29.8 Å². The SMILES string of the molecule is Cc1ccc(SCC(C)(NC2CC2)C(=O)O)cc1. The first-order valence-electron chi connectivity index (χ1n) is 6.20. The maximum absolute atomic E-state index is 11.4. The van der Waals surface area contributed by atoms with E-state index in [-0.39, 0.29) is 0 Å². The van der Waals surface area contributed by atoms with Gasteiger partial charge in [0.15, 0.2) is 0 Å². The Labute approximate surface area is 112 Å². The molecule has 1 fully saturated rings. The molecular formula is C14H19NO2S. The van der Waals surface area contributed by atoms with Gasteiger partial charge in [0, 0.05) is 16.7 Å². The predicted octanol–water partition coefficient (Wildman–Crippen LogP) is 2.68. The average Bonchev–Trinajstić information content (AvgIpc) is 3.12. The molecule has 4 heteroatoms. The highest BCUT2D eigenvalue weighted by molar-refractivity contribution is 7.99. The van der Waals surface area contributed by atoms with Gasteiger partial charge in [-0.15, -0.1) is 11.8 Å². The summed E-state index contributed by atoms with van der Waals surface area (Å²) in [4.78, 5) is 12.5. The van der Waals surface area contributed by atoms with Crippen LogP contribution in [0.2, 0.25) is 0 Å². The second-order valence-electron chi connectivity index (χ2n) is 5.16. The zero-order valence-electron chi connectivity index (χ0n) is 10.8. The minimum Gasteiger partial charge on any atom is -0.480 e. The molecule has 0 aromatic heterocycles. The molecule has 98 valence electrons. The summed E-state index contributed by atoms with van der Waals surface area (Å²) in [7, 11) is 0. The molecule has 0 saturated heterocycles. The molecule has 0 bridgehead atoms. The van der Waals surface area contributed by atoms with Crippen molar-refractivity contribution >= 4 is 17.7 Å². The number of thioether (sulfide) groups is 1. The number of carboxylic acids is 1. The molecule has 18 heavy (non-hydrogen) atoms. The van der Waals surface area contributed by atoms with E-state index in [4.69, 9.17) is 0 Å². The van der Waals surface area contributed by atoms with Crippen LogP contribution >= 0.6 is 11.8 Å². The summed E-state index contributed by atoms with van der Waals surface area (Å²) < 4.78 is 0. The fourth-order valence-electron chi connectivity index (χ4n) is 1.71. The van der Waals surface area contributed by atoms with Crippen molar-refractivity contribution < 1.29 is 9.90 Å². The molecular weight excluding hydrogens is 246 g/mol. The van der Waals surface area contributed by atoms with Gasteiger partial charge in [0.25, 0.3) is 0 Å². The van der Waals surface area contributed by atoms with E-state index in [0.29, 0.717) is 11.8 Å². The van der Waals surface area contributed by atoms with E-state index >= 15 is 0 Å². The van der Waals surface area contributed by atoms with E-state index in [2.05, 4.69) is 17.4 Å². The third-order valence-corrected chi connectivity index (χ3v) is 4.45. The Morgan fingerprint density at radius 1 is 1.44 bits per heavy atom. The van der Waals surface area contributed by atoms with Crippen molar-refractivity contribution in [1.82, 2.24) is 5.32 Å². The van der Waals surface area contributed by atoms with Crippen molar-refractivity contribution in [2.45, 2.75) is 43.2 Å². The van der Waals surface area contributed by atoms with Crippen LogP contribution in [0.1, 0.15) is 25.3 Å². The van der Waals surface area contributed by atoms with Crippen LogP contribution in [0.15, 0.2) is 29.2 Å². The Morgan fingerprint density at radius 2 is 2.06 bits per heavy atom. The quantitative estimate of drug-likeness (QED) is 0.776. The number of hydrogen-bond acceptors (Lipinski definition) is 3. The first-order valence-corrected chi connectivity index (χ1v) is 7.19. The molecule has 3 nitrogen and oxygen atoms in total. The van der Waals surface area contributed by atoms with Crippen LogP contribution in [0.5, 0.6) is 0 Å². The maximum atomic E-state index is 11.4. The number of aryl methyl sites for hydroxylation is 1. The van der Waals surface area contributed by atoms with Crippen LogP contribution in [0.3, 0.4) is 0 Å². The topological polar surface area (TPSA) is 49.3 Å². The van der Waals surface area contributed by atoms with E-state index in [1.807, 2.05) is 19.1 Å². The Bertz CT molecular complexity index is 428. The van der Waals surface area contributed by atoms with Gasteiger partial charge in [-0.2, -0.15) is 0 Å². The van der Waals surface area contributed by atoms with Gasteiger partial charge in [-0.1, -0.05) is 17.7 Å². The van der Waals surface area contributed by atoms with Crippen LogP contribution in [-0.2, 0) is 4.79 Å². The molecule has 1 aliphatic rings. The minimum absolute atomic E-state index is 0.393. The van der Waals surface area contributed by atoms with Crippen LogP contribution < -0.4 is 5.32 Å². The molecule has 1 aromatic rings. The van der Waals surface area contributed by atoms with E-state index < -0.39 is 11.5 Å². The Morgan fingerprint density at radius 3 is 2.56 bits per heavy atom. The first kappa shape index (κ1) is 13.4. The third kappa shape index (κ3) is 3.50. The molecule has 0 radical (unpaired) electrons. The first-order chi connectivity index (χ1) is 8.49. The van der Waals surface area contributed by atoms with Crippen LogP contribution in [0.25, 0.3) is 0 Å². The smallest absolute Gasteiger partial charge is 0.324 e. The lowest BCUT2D eigenvalue weighted by Gasteiger charge is -2.26. The number of aliphatic carboxylic acids is 1. The molecule has 0 heterocycles. The fraction of sp³-hybridized carbons (Fsp3) is 0.500. The van der Waals surface area contributed by atoms with Gasteiger partial charge in [-0.25, -0.2) is 0 Å². The highest BCUT2D eigenvalue weighted by atomic mass is 32.2. The molecule has 1 atom stereocenters. The summed E-state index contributed by atoms with van der Waals surface area (Å²) in [6.45, 7) is 3.82. The highest BCUT2D eigenvalue weighted by Gasteiger charge is 2.38. The van der Waals surface area contributed by atoms with E-state index in [0.717, 1.165) is 17.7 Å². The molecule has 1 saturated carbocycles. The Balaban J connectivity index is 1.96. The number of carboxylic acid groups (broad SMARTS) is 1. The number of hydrogen-bond donors (Lipinski definition) is 2. The molecule has 0 aliphatic heterocycles. The summed E-state index contributed by atoms with van der Waals surface area (Å²) in [5.41, 5.74) is 0.382. The fourth-order valence-corrected chi connectivity index (χ4v) is 2.70. The van der Waals surface area contributed by atoms with Crippen molar-refractivity contribution in [3.8, 4) is 0 Å². The van der Waals surface area contributed by atoms with Gasteiger partial charge in [0.05, 0.1) is 0 Å². The van der Waals surface area contributed by atoms with Crippen LogP contribution in [0.4, 0.5) is 0 Å². The van der Waals surface area contributed by atoms with E-state index in [9.17, 15) is 9.90 Å². The van der Waals surface area contributed by atoms with E-state index in [1.165, 1.54) is 5.56 Å². The van der Waals surface area contributed by atoms with E-state index in [1.54, 1.807) is 18.7 Å². The Hall–Kier alpha value is -1.00. The summed E-state index contributed by atoms with van der Waals surface area (Å²) in [6.07, 6.45) is 2.19. The van der Waals surface area contributed by atoms with Crippen molar-refractivity contribution in [1.29, 1.82) is 0 Å². The second-order valence-corrected chi connectivity index (χ2v) is 6.21. The monoisotopic (exact) mass is 265 g/mol. The third-order valence-electron chi connectivity index (χ3n) is 3.12. The van der Waals surface area contributed by atoms with Gasteiger partial charge in [0.2, 0.25) is 0 Å². The summed E-state index contributed by atoms with van der Waals surface area (Å²) in [5, 5.41) is 12.6. The lowest BCUT2D eigenvalue weighted by molar-refractivity contribution is -0.143. The van der Waals surface area contributed by atoms with Gasteiger partial charge >= 0.3 is 5.97 Å². The summed E-state index contributed by atoms with van der Waals surface area (Å²) in [6, 6.07) is 8.58. The number of carbonyl (C=O) groups is 1. The van der Waals surface area contributed by atoms with Gasteiger partial charge < -0.3 is 5.11 Å². The molecule has 0 amide bonds. The van der Waals surface area contributed by atoms with Gasteiger partial charge in [0.1, 0.15) is 5.54 Å². The molecule has 2 rings (SSSR count). The van der Waals surface area contributed by atoms with Crippen molar-refractivity contribution in [2.75, 3.05) is 5.75 Å². The minimum atomic E-state index is -0.837. The molecule has 1 unspecified atom stereocenters. The summed E-state index contributed by atoms with van der Waals surface area (Å²) in [5.74, 6) is -0.226. The zero-order valence-corrected chi connectivity index (χ0v) is 11.6. The highest BCUT2D eigenvalue weighted by Crippen LogP contribution is 2.27. The second kappa shape index (κ2) is 5.33. The standard InChI is InChI=1S/C14H19NO2S/c1-10-3-7-12(8-4-10)18-9-14(2,13(16)17)15-11-5-6-11/h3-4,7-8,11,15H,5-6,9H2,1-2H3,(H,16,17).